The van der Waals surface area contributed by atoms with Gasteiger partial charge in [0.1, 0.15) is 11.5 Å². The normalized spacial score (nSPS) is 16.5. The highest BCUT2D eigenvalue weighted by atomic mass is 16.7. The van der Waals surface area contributed by atoms with Crippen LogP contribution in [0.2, 0.25) is 0 Å². The van der Waals surface area contributed by atoms with Gasteiger partial charge < -0.3 is 19.7 Å². The van der Waals surface area contributed by atoms with Gasteiger partial charge in [-0.2, -0.15) is 0 Å². The third-order valence-electron chi connectivity index (χ3n) is 6.46. The molecule has 3 aromatic carbocycles. The van der Waals surface area contributed by atoms with Crippen LogP contribution in [-0.2, 0) is 32.2 Å². The Kier molecular flexibility index (Phi) is 5.91. The summed E-state index contributed by atoms with van der Waals surface area (Å²) in [5.74, 6) is 2.31. The van der Waals surface area contributed by atoms with Crippen LogP contribution in [0.5, 0.6) is 23.0 Å². The van der Waals surface area contributed by atoms with Crippen molar-refractivity contribution in [3.05, 3.63) is 82.4 Å². The van der Waals surface area contributed by atoms with Gasteiger partial charge in [0.05, 0.1) is 0 Å². The van der Waals surface area contributed by atoms with E-state index in [1.54, 1.807) is 6.07 Å². The quantitative estimate of drug-likeness (QED) is 0.621. The second-order valence-corrected chi connectivity index (χ2v) is 8.74. The predicted molar refractivity (Wildman–Crippen MR) is 123 cm³/mol. The van der Waals surface area contributed by atoms with E-state index in [9.17, 15) is 10.2 Å². The van der Waals surface area contributed by atoms with Gasteiger partial charge in [0.25, 0.3) is 0 Å². The van der Waals surface area contributed by atoms with Crippen LogP contribution in [-0.4, -0.2) is 35.0 Å². The van der Waals surface area contributed by atoms with Crippen LogP contribution < -0.4 is 9.47 Å². The summed E-state index contributed by atoms with van der Waals surface area (Å²) < 4.78 is 11.2. The van der Waals surface area contributed by atoms with Crippen LogP contribution in [0.4, 0.5) is 0 Å². The van der Waals surface area contributed by atoms with Gasteiger partial charge in [-0.15, -0.1) is 0 Å². The van der Waals surface area contributed by atoms with Crippen LogP contribution in [0.1, 0.15) is 34.2 Å². The Morgan fingerprint density at radius 3 is 2.34 bits per heavy atom. The Labute approximate surface area is 188 Å². The molecule has 0 saturated carbocycles. The molecule has 0 fully saturated rings. The monoisotopic (exact) mass is 431 g/mol. The lowest BCUT2D eigenvalue weighted by atomic mass is 9.95. The van der Waals surface area contributed by atoms with Crippen LogP contribution in [0.3, 0.4) is 0 Å². The average molecular weight is 432 g/mol. The first-order valence-electron chi connectivity index (χ1n) is 11.4. The van der Waals surface area contributed by atoms with Crippen molar-refractivity contribution in [1.29, 1.82) is 0 Å². The number of benzene rings is 3. The molecule has 2 heterocycles. The summed E-state index contributed by atoms with van der Waals surface area (Å²) in [7, 11) is 0. The van der Waals surface area contributed by atoms with Gasteiger partial charge >= 0.3 is 0 Å². The second-order valence-electron chi connectivity index (χ2n) is 8.74. The van der Waals surface area contributed by atoms with Crippen molar-refractivity contribution in [3.63, 3.8) is 0 Å². The van der Waals surface area contributed by atoms with E-state index in [0.29, 0.717) is 11.5 Å². The van der Waals surface area contributed by atoms with E-state index >= 15 is 0 Å². The van der Waals surface area contributed by atoms with Crippen molar-refractivity contribution >= 4 is 0 Å². The molecule has 2 bridgehead atoms. The van der Waals surface area contributed by atoms with E-state index in [-0.39, 0.29) is 6.79 Å². The molecule has 166 valence electrons. The van der Waals surface area contributed by atoms with Crippen molar-refractivity contribution in [1.82, 2.24) is 4.90 Å². The maximum Gasteiger partial charge on any atom is 0.231 e. The van der Waals surface area contributed by atoms with Gasteiger partial charge in [-0.05, 0) is 96.8 Å². The summed E-state index contributed by atoms with van der Waals surface area (Å²) in [4.78, 5) is 2.45. The highest BCUT2D eigenvalue weighted by molar-refractivity contribution is 5.49. The van der Waals surface area contributed by atoms with Gasteiger partial charge in [-0.1, -0.05) is 24.3 Å². The summed E-state index contributed by atoms with van der Waals surface area (Å²) in [6.45, 7) is 2.97. The molecule has 0 saturated heterocycles. The first kappa shape index (κ1) is 20.7. The van der Waals surface area contributed by atoms with Gasteiger partial charge in [-0.25, -0.2) is 0 Å². The first-order chi connectivity index (χ1) is 15.6. The molecular formula is C27H29NO4. The van der Waals surface area contributed by atoms with Crippen molar-refractivity contribution in [2.75, 3.05) is 19.9 Å². The number of aryl methyl sites for hydroxylation is 3. The lowest BCUT2D eigenvalue weighted by molar-refractivity contribution is 0.174. The zero-order valence-corrected chi connectivity index (χ0v) is 18.2. The number of hydrogen-bond donors (Lipinski definition) is 2. The minimum Gasteiger partial charge on any atom is -0.508 e. The van der Waals surface area contributed by atoms with Crippen molar-refractivity contribution in [2.45, 2.75) is 38.6 Å². The number of phenolic OH excluding ortho intramolecular Hbond substituents is 2. The topological polar surface area (TPSA) is 62.2 Å². The predicted octanol–water partition coefficient (Wildman–Crippen LogP) is 4.60. The summed E-state index contributed by atoms with van der Waals surface area (Å²) in [5.41, 5.74) is 5.90. The SMILES string of the molecule is Oc1cccc(CN2CCCc3cc4c(cc3CCc3cc(ccc3O)CC2)OCO4)c1. The summed E-state index contributed by atoms with van der Waals surface area (Å²) in [5, 5.41) is 20.3. The molecule has 0 unspecified atom stereocenters. The van der Waals surface area contributed by atoms with Gasteiger partial charge in [0.2, 0.25) is 6.79 Å². The van der Waals surface area contributed by atoms with E-state index in [1.807, 2.05) is 24.3 Å². The highest BCUT2D eigenvalue weighted by Gasteiger charge is 2.18. The van der Waals surface area contributed by atoms with Crippen molar-refractivity contribution in [3.8, 4) is 23.0 Å². The fraction of sp³-hybridized carbons (Fsp3) is 0.333. The summed E-state index contributed by atoms with van der Waals surface area (Å²) in [6.07, 6.45) is 4.57. The molecule has 0 radical (unpaired) electrons. The Balaban J connectivity index is 1.43. The number of ether oxygens (including phenoxy) is 2. The molecule has 0 aromatic heterocycles. The largest absolute Gasteiger partial charge is 0.508 e. The van der Waals surface area contributed by atoms with Crippen molar-refractivity contribution in [2.24, 2.45) is 0 Å². The van der Waals surface area contributed by atoms with Crippen molar-refractivity contribution < 1.29 is 19.7 Å². The van der Waals surface area contributed by atoms with E-state index in [2.05, 4.69) is 29.2 Å². The van der Waals surface area contributed by atoms with Gasteiger partial charge in [0.15, 0.2) is 11.5 Å². The maximum absolute atomic E-state index is 10.4. The molecule has 0 spiro atoms. The Morgan fingerprint density at radius 2 is 1.53 bits per heavy atom. The lowest BCUT2D eigenvalue weighted by Crippen LogP contribution is -2.27. The van der Waals surface area contributed by atoms with E-state index in [4.69, 9.17) is 9.47 Å². The molecule has 0 atom stereocenters. The third-order valence-corrected chi connectivity index (χ3v) is 6.46. The fourth-order valence-electron chi connectivity index (χ4n) is 4.72. The summed E-state index contributed by atoms with van der Waals surface area (Å²) >= 11 is 0. The zero-order valence-electron chi connectivity index (χ0n) is 18.2. The zero-order chi connectivity index (χ0) is 21.9. The number of phenols is 2. The smallest absolute Gasteiger partial charge is 0.231 e. The molecule has 5 nitrogen and oxygen atoms in total. The molecule has 32 heavy (non-hydrogen) atoms. The van der Waals surface area contributed by atoms with E-state index < -0.39 is 0 Å². The summed E-state index contributed by atoms with van der Waals surface area (Å²) in [6, 6.07) is 17.8. The van der Waals surface area contributed by atoms with E-state index in [0.717, 1.165) is 74.4 Å². The standard InChI is InChI=1S/C27H29NO4/c29-24-5-1-3-20(14-24)17-28-11-2-4-21-15-26-27(32-18-31-26)16-22(21)7-8-23-13-19(10-12-28)6-9-25(23)30/h1,3,5-6,9,13-16,29-30H,2,4,7-8,10-12,17-18H2. The number of aromatic hydroxyl groups is 2. The molecular weight excluding hydrogens is 402 g/mol. The number of fused-ring (bicyclic) bond motifs is 4. The van der Waals surface area contributed by atoms with Crippen LogP contribution in [0, 0.1) is 0 Å². The number of rotatable bonds is 2. The third kappa shape index (κ3) is 4.68. The Bertz CT molecular complexity index is 1110. The maximum atomic E-state index is 10.4. The Hall–Kier alpha value is -3.18. The molecule has 2 aliphatic rings. The highest BCUT2D eigenvalue weighted by Crippen LogP contribution is 2.36. The van der Waals surface area contributed by atoms with Crippen LogP contribution >= 0.6 is 0 Å². The minimum atomic E-state index is 0.277. The molecule has 2 aliphatic heterocycles. The Morgan fingerprint density at radius 1 is 0.750 bits per heavy atom. The number of nitrogens with zero attached hydrogens (tertiary/aromatic N) is 1. The minimum absolute atomic E-state index is 0.277. The molecule has 2 N–H and O–H groups in total. The van der Waals surface area contributed by atoms with Gasteiger partial charge in [-0.3, -0.25) is 4.90 Å². The first-order valence-corrected chi connectivity index (χ1v) is 11.4. The van der Waals surface area contributed by atoms with Crippen LogP contribution in [0.15, 0.2) is 54.6 Å². The lowest BCUT2D eigenvalue weighted by Gasteiger charge is -2.23. The fourth-order valence-corrected chi connectivity index (χ4v) is 4.72. The second kappa shape index (κ2) is 9.13. The molecule has 5 heteroatoms. The number of hydrogen-bond acceptors (Lipinski definition) is 5. The van der Waals surface area contributed by atoms with Gasteiger partial charge in [0, 0.05) is 13.1 Å². The molecule has 3 aromatic rings. The van der Waals surface area contributed by atoms with E-state index in [1.165, 1.54) is 16.7 Å². The molecule has 5 rings (SSSR count). The molecule has 0 aliphatic carbocycles. The average Bonchev–Trinajstić information content (AvgIpc) is 3.24. The van der Waals surface area contributed by atoms with Crippen LogP contribution in [0.25, 0.3) is 0 Å². The molecule has 0 amide bonds.